The lowest BCUT2D eigenvalue weighted by Crippen LogP contribution is -2.33. The van der Waals surface area contributed by atoms with Gasteiger partial charge >= 0.3 is 0 Å². The minimum absolute atomic E-state index is 0.0741. The molecule has 1 saturated heterocycles. The van der Waals surface area contributed by atoms with Crippen molar-refractivity contribution in [3.8, 4) is 6.07 Å². The highest BCUT2D eigenvalue weighted by atomic mass is 19.1. The molecule has 2 heterocycles. The number of carbonyl (C=O) groups excluding carboxylic acids is 1. The molecule has 0 aliphatic carbocycles. The Morgan fingerprint density at radius 1 is 1.42 bits per heavy atom. The Morgan fingerprint density at radius 2 is 2.19 bits per heavy atom. The van der Waals surface area contributed by atoms with Crippen molar-refractivity contribution < 1.29 is 18.7 Å². The number of anilines is 1. The quantitative estimate of drug-likeness (QED) is 0.447. The van der Waals surface area contributed by atoms with E-state index in [1.54, 1.807) is 0 Å². The summed E-state index contributed by atoms with van der Waals surface area (Å²) in [6.07, 6.45) is 2.93. The lowest BCUT2D eigenvalue weighted by Gasteiger charge is -2.17. The van der Waals surface area contributed by atoms with Crippen molar-refractivity contribution in [2.75, 3.05) is 18.5 Å². The Hall–Kier alpha value is -3.06. The third-order valence-corrected chi connectivity index (χ3v) is 3.73. The van der Waals surface area contributed by atoms with Crippen molar-refractivity contribution in [1.29, 1.82) is 10.7 Å². The van der Waals surface area contributed by atoms with E-state index in [0.717, 1.165) is 6.21 Å². The van der Waals surface area contributed by atoms with Crippen molar-refractivity contribution in [3.63, 3.8) is 0 Å². The van der Waals surface area contributed by atoms with E-state index in [0.29, 0.717) is 24.5 Å². The molecule has 1 atom stereocenters. The summed E-state index contributed by atoms with van der Waals surface area (Å²) in [5.74, 6) is -0.919. The Labute approximate surface area is 148 Å². The highest BCUT2D eigenvalue weighted by Crippen LogP contribution is 2.31. The maximum Gasteiger partial charge on any atom is 0.226 e. The largest absolute Gasteiger partial charge is 0.352 e. The number of carbonyl (C=O) groups is 1. The van der Waals surface area contributed by atoms with Crippen LogP contribution in [-0.4, -0.2) is 31.3 Å². The lowest BCUT2D eigenvalue weighted by molar-refractivity contribution is -0.112. The molecular weight excluding hydrogens is 341 g/mol. The van der Waals surface area contributed by atoms with Gasteiger partial charge in [0.1, 0.15) is 11.9 Å². The number of nitrogens with one attached hydrogen (secondary N) is 4. The van der Waals surface area contributed by atoms with Gasteiger partial charge in [0.25, 0.3) is 0 Å². The summed E-state index contributed by atoms with van der Waals surface area (Å²) in [6, 6.07) is 5.31. The monoisotopic (exact) mass is 357 g/mol. The molecular formula is C17H16FN5O3. The number of rotatable bonds is 6. The van der Waals surface area contributed by atoms with Gasteiger partial charge in [-0.15, -0.1) is 0 Å². The van der Waals surface area contributed by atoms with Crippen LogP contribution in [0.4, 0.5) is 10.1 Å². The van der Waals surface area contributed by atoms with Gasteiger partial charge in [-0.1, -0.05) is 0 Å². The van der Waals surface area contributed by atoms with Crippen LogP contribution < -0.4 is 16.2 Å². The molecule has 2 aliphatic heterocycles. The van der Waals surface area contributed by atoms with Crippen LogP contribution in [0.2, 0.25) is 0 Å². The maximum absolute atomic E-state index is 13.7. The Morgan fingerprint density at radius 3 is 2.85 bits per heavy atom. The van der Waals surface area contributed by atoms with Crippen molar-refractivity contribution in [3.05, 3.63) is 53.1 Å². The Balaban J connectivity index is 1.87. The average molecular weight is 357 g/mol. The number of benzene rings is 1. The number of hydrogen-bond donors (Lipinski definition) is 4. The molecule has 0 radical (unpaired) electrons. The molecule has 3 rings (SSSR count). The minimum atomic E-state index is -0.738. The zero-order chi connectivity index (χ0) is 18.5. The Bertz CT molecular complexity index is 824. The summed E-state index contributed by atoms with van der Waals surface area (Å²) < 4.78 is 24.5. The van der Waals surface area contributed by atoms with Crippen molar-refractivity contribution in [1.82, 2.24) is 10.9 Å². The van der Waals surface area contributed by atoms with E-state index in [1.807, 2.05) is 6.07 Å². The summed E-state index contributed by atoms with van der Waals surface area (Å²) in [7, 11) is 0. The highest BCUT2D eigenvalue weighted by molar-refractivity contribution is 6.11. The van der Waals surface area contributed by atoms with Crippen LogP contribution in [0.5, 0.6) is 0 Å². The van der Waals surface area contributed by atoms with Crippen LogP contribution >= 0.6 is 0 Å². The lowest BCUT2D eigenvalue weighted by atomic mass is 10.1. The third kappa shape index (κ3) is 3.78. The fourth-order valence-electron chi connectivity index (χ4n) is 2.54. The second-order valence-electron chi connectivity index (χ2n) is 5.46. The number of allylic oxidation sites excluding steroid dienone is 1. The number of hydrazine groups is 1. The molecule has 1 fully saturated rings. The molecule has 0 spiro atoms. The number of nitrogens with zero attached hydrogens (tertiary/aromatic N) is 1. The topological polar surface area (TPSA) is 119 Å². The maximum atomic E-state index is 13.7. The van der Waals surface area contributed by atoms with Crippen LogP contribution in [0.1, 0.15) is 11.9 Å². The molecule has 2 aliphatic rings. The molecule has 4 N–H and O–H groups in total. The van der Waals surface area contributed by atoms with Crippen LogP contribution in [-0.2, 0) is 14.3 Å². The van der Waals surface area contributed by atoms with Gasteiger partial charge in [-0.3, -0.25) is 4.79 Å². The SMILES string of the molecule is N#CC1C=C(C(=O)/C(=C/C=N)Nc2ccc(F)cc2C2OCCO2)NN1. The molecule has 1 unspecified atom stereocenters. The van der Waals surface area contributed by atoms with E-state index in [9.17, 15) is 9.18 Å². The van der Waals surface area contributed by atoms with Gasteiger partial charge in [-0.2, -0.15) is 5.26 Å². The smallest absolute Gasteiger partial charge is 0.226 e. The first-order valence-electron chi connectivity index (χ1n) is 7.80. The van der Waals surface area contributed by atoms with Gasteiger partial charge in [0.05, 0.1) is 30.7 Å². The zero-order valence-corrected chi connectivity index (χ0v) is 13.6. The normalized spacial score (nSPS) is 20.2. The summed E-state index contributed by atoms with van der Waals surface area (Å²) >= 11 is 0. The molecule has 134 valence electrons. The average Bonchev–Trinajstić information content (AvgIpc) is 3.33. The third-order valence-electron chi connectivity index (χ3n) is 3.73. The fraction of sp³-hybridized carbons (Fsp3) is 0.235. The summed E-state index contributed by atoms with van der Waals surface area (Å²) in [6.45, 7) is 0.779. The molecule has 0 bridgehead atoms. The molecule has 0 aromatic heterocycles. The van der Waals surface area contributed by atoms with Crippen LogP contribution in [0.15, 0.2) is 41.7 Å². The van der Waals surface area contributed by atoms with E-state index < -0.39 is 23.9 Å². The van der Waals surface area contributed by atoms with Gasteiger partial charge in [0.15, 0.2) is 6.29 Å². The number of nitriles is 1. The van der Waals surface area contributed by atoms with E-state index in [-0.39, 0.29) is 11.4 Å². The number of Topliss-reactive ketones (excluding diaryl/α,β-unsaturated/α-hetero) is 1. The van der Waals surface area contributed by atoms with Gasteiger partial charge in [-0.25, -0.2) is 9.82 Å². The molecule has 8 nitrogen and oxygen atoms in total. The van der Waals surface area contributed by atoms with Gasteiger partial charge in [0.2, 0.25) is 5.78 Å². The van der Waals surface area contributed by atoms with Crippen molar-refractivity contribution >= 4 is 17.7 Å². The van der Waals surface area contributed by atoms with E-state index in [1.165, 1.54) is 30.4 Å². The predicted octanol–water partition coefficient (Wildman–Crippen LogP) is 1.27. The van der Waals surface area contributed by atoms with Crippen LogP contribution in [0.3, 0.4) is 0 Å². The zero-order valence-electron chi connectivity index (χ0n) is 13.6. The summed E-state index contributed by atoms with van der Waals surface area (Å²) in [5.41, 5.74) is 6.35. The van der Waals surface area contributed by atoms with Crippen molar-refractivity contribution in [2.24, 2.45) is 0 Å². The standard InChI is InChI=1S/C17H16FN5O3/c18-10-1-2-13(12(7-10)17-25-5-6-26-17)21-14(3-4-19)16(24)15-8-11(9-20)22-23-15/h1-4,7-8,11,17,19,21-23H,5-6H2/b14-3-,19-4?. The molecule has 1 aromatic rings. The first-order valence-corrected chi connectivity index (χ1v) is 7.80. The molecule has 9 heteroatoms. The molecule has 1 aromatic carbocycles. The van der Waals surface area contributed by atoms with Gasteiger partial charge in [-0.05, 0) is 30.4 Å². The van der Waals surface area contributed by atoms with Gasteiger partial charge < -0.3 is 25.6 Å². The summed E-state index contributed by atoms with van der Waals surface area (Å²) in [5, 5.41) is 19.1. The minimum Gasteiger partial charge on any atom is -0.352 e. The first-order chi connectivity index (χ1) is 12.6. The van der Waals surface area contributed by atoms with Gasteiger partial charge in [0, 0.05) is 17.5 Å². The van der Waals surface area contributed by atoms with Crippen LogP contribution in [0, 0.1) is 22.6 Å². The number of ketones is 1. The number of ether oxygens (including phenoxy) is 2. The fourth-order valence-corrected chi connectivity index (χ4v) is 2.54. The predicted molar refractivity (Wildman–Crippen MR) is 90.3 cm³/mol. The summed E-state index contributed by atoms with van der Waals surface area (Å²) in [4.78, 5) is 12.6. The number of hydrogen-bond acceptors (Lipinski definition) is 8. The van der Waals surface area contributed by atoms with E-state index >= 15 is 0 Å². The number of halogens is 1. The molecule has 26 heavy (non-hydrogen) atoms. The van der Waals surface area contributed by atoms with E-state index in [4.69, 9.17) is 20.1 Å². The first kappa shape index (κ1) is 17.8. The second kappa shape index (κ2) is 7.88. The molecule has 0 amide bonds. The molecule has 0 saturated carbocycles. The van der Waals surface area contributed by atoms with E-state index in [2.05, 4.69) is 16.2 Å². The Kier molecular flexibility index (Phi) is 5.38. The van der Waals surface area contributed by atoms with Crippen LogP contribution in [0.25, 0.3) is 0 Å². The van der Waals surface area contributed by atoms with Crippen molar-refractivity contribution in [2.45, 2.75) is 12.3 Å². The second-order valence-corrected chi connectivity index (χ2v) is 5.46. The highest BCUT2D eigenvalue weighted by Gasteiger charge is 2.25.